The Morgan fingerprint density at radius 3 is 2.89 bits per heavy atom. The Balaban J connectivity index is 2.28. The zero-order valence-electron chi connectivity index (χ0n) is 11.4. The van der Waals surface area contributed by atoms with Crippen molar-refractivity contribution in [3.63, 3.8) is 0 Å². The lowest BCUT2D eigenvalue weighted by atomic mass is 10.2. The van der Waals surface area contributed by atoms with Crippen LogP contribution in [0.4, 0.5) is 0 Å². The Morgan fingerprint density at radius 2 is 2.26 bits per heavy atom. The van der Waals surface area contributed by atoms with Crippen molar-refractivity contribution in [1.29, 1.82) is 0 Å². The molecule has 0 aliphatic carbocycles. The van der Waals surface area contributed by atoms with Gasteiger partial charge in [-0.1, -0.05) is 13.8 Å². The summed E-state index contributed by atoms with van der Waals surface area (Å²) in [5, 5.41) is 5.73. The summed E-state index contributed by atoms with van der Waals surface area (Å²) in [4.78, 5) is 5.87. The summed E-state index contributed by atoms with van der Waals surface area (Å²) in [7, 11) is 0. The van der Waals surface area contributed by atoms with Gasteiger partial charge in [-0.25, -0.2) is 4.98 Å². The van der Waals surface area contributed by atoms with Crippen molar-refractivity contribution in [2.45, 2.75) is 39.3 Å². The van der Waals surface area contributed by atoms with E-state index < -0.39 is 0 Å². The molecule has 5 heteroatoms. The summed E-state index contributed by atoms with van der Waals surface area (Å²) >= 11 is 5.31. The third kappa shape index (κ3) is 3.68. The van der Waals surface area contributed by atoms with Crippen molar-refractivity contribution in [1.82, 2.24) is 14.9 Å². The lowest BCUT2D eigenvalue weighted by Gasteiger charge is -2.18. The van der Waals surface area contributed by atoms with Crippen molar-refractivity contribution in [2.75, 3.05) is 6.54 Å². The molecule has 1 unspecified atom stereocenters. The van der Waals surface area contributed by atoms with E-state index in [1.54, 1.807) is 11.3 Å². The number of imidazole rings is 1. The predicted molar refractivity (Wildman–Crippen MR) is 84.7 cm³/mol. The van der Waals surface area contributed by atoms with Crippen molar-refractivity contribution in [3.8, 4) is 0 Å². The predicted octanol–water partition coefficient (Wildman–Crippen LogP) is 4.21. The molecule has 104 valence electrons. The van der Waals surface area contributed by atoms with Gasteiger partial charge in [-0.15, -0.1) is 11.3 Å². The molecule has 0 radical (unpaired) electrons. The highest BCUT2D eigenvalue weighted by Gasteiger charge is 2.19. The van der Waals surface area contributed by atoms with Crippen molar-refractivity contribution < 1.29 is 0 Å². The van der Waals surface area contributed by atoms with Gasteiger partial charge in [-0.05, 0) is 41.4 Å². The molecule has 2 aromatic rings. The monoisotopic (exact) mass is 341 g/mol. The Kier molecular flexibility index (Phi) is 5.60. The van der Waals surface area contributed by atoms with Gasteiger partial charge in [0.15, 0.2) is 0 Å². The van der Waals surface area contributed by atoms with Crippen LogP contribution in [0.15, 0.2) is 28.3 Å². The normalized spacial score (nSPS) is 12.8. The van der Waals surface area contributed by atoms with E-state index >= 15 is 0 Å². The first-order valence-electron chi connectivity index (χ1n) is 6.74. The molecule has 1 N–H and O–H groups in total. The number of nitrogens with one attached hydrogen (secondary N) is 1. The maximum Gasteiger partial charge on any atom is 0.131 e. The van der Waals surface area contributed by atoms with E-state index in [0.717, 1.165) is 36.2 Å². The van der Waals surface area contributed by atoms with Gasteiger partial charge < -0.3 is 9.88 Å². The second kappa shape index (κ2) is 7.22. The lowest BCUT2D eigenvalue weighted by molar-refractivity contribution is 0.535. The molecule has 2 rings (SSSR count). The fraction of sp³-hybridized carbons (Fsp3) is 0.500. The quantitative estimate of drug-likeness (QED) is 0.817. The summed E-state index contributed by atoms with van der Waals surface area (Å²) in [5.41, 5.74) is 0. The van der Waals surface area contributed by atoms with Crippen LogP contribution in [0.5, 0.6) is 0 Å². The molecule has 3 nitrogen and oxygen atoms in total. The van der Waals surface area contributed by atoms with Gasteiger partial charge in [0.2, 0.25) is 0 Å². The SMILES string of the molecule is CCCNC(c1cc(Br)cs1)c1nccn1CCC. The van der Waals surface area contributed by atoms with Gasteiger partial charge in [0.25, 0.3) is 0 Å². The molecule has 0 aliphatic heterocycles. The summed E-state index contributed by atoms with van der Waals surface area (Å²) in [6.45, 7) is 6.40. The highest BCUT2D eigenvalue weighted by Crippen LogP contribution is 2.29. The van der Waals surface area contributed by atoms with Crippen molar-refractivity contribution in [2.24, 2.45) is 0 Å². The number of aromatic nitrogens is 2. The highest BCUT2D eigenvalue weighted by molar-refractivity contribution is 9.10. The molecule has 0 spiro atoms. The van der Waals surface area contributed by atoms with Crippen LogP contribution in [0, 0.1) is 0 Å². The largest absolute Gasteiger partial charge is 0.333 e. The minimum atomic E-state index is 0.192. The van der Waals surface area contributed by atoms with E-state index in [4.69, 9.17) is 0 Å². The minimum absolute atomic E-state index is 0.192. The number of halogens is 1. The molecule has 0 saturated carbocycles. The Bertz CT molecular complexity index is 506. The number of hydrogen-bond acceptors (Lipinski definition) is 3. The van der Waals surface area contributed by atoms with E-state index in [1.165, 1.54) is 4.88 Å². The maximum atomic E-state index is 4.57. The van der Waals surface area contributed by atoms with Gasteiger partial charge in [-0.2, -0.15) is 0 Å². The van der Waals surface area contributed by atoms with Crippen LogP contribution in [-0.2, 0) is 6.54 Å². The van der Waals surface area contributed by atoms with Crippen LogP contribution >= 0.6 is 27.3 Å². The standard InChI is InChI=1S/C14H20BrN3S/c1-3-5-16-13(12-9-11(15)10-19-12)14-17-6-8-18(14)7-4-2/h6,8-10,13,16H,3-5,7H2,1-2H3. The Morgan fingerprint density at radius 1 is 1.42 bits per heavy atom. The van der Waals surface area contributed by atoms with E-state index in [-0.39, 0.29) is 6.04 Å². The summed E-state index contributed by atoms with van der Waals surface area (Å²) in [6, 6.07) is 2.38. The Labute approximate surface area is 127 Å². The maximum absolute atomic E-state index is 4.57. The van der Waals surface area contributed by atoms with Gasteiger partial charge in [0.05, 0.1) is 0 Å². The smallest absolute Gasteiger partial charge is 0.131 e. The molecule has 0 saturated heterocycles. The molecular weight excluding hydrogens is 322 g/mol. The van der Waals surface area contributed by atoms with E-state index in [2.05, 4.69) is 62.3 Å². The second-order valence-electron chi connectivity index (χ2n) is 4.53. The van der Waals surface area contributed by atoms with Crippen LogP contribution in [0.1, 0.15) is 43.4 Å². The summed E-state index contributed by atoms with van der Waals surface area (Å²) in [5.74, 6) is 1.12. The van der Waals surface area contributed by atoms with Crippen LogP contribution in [0.2, 0.25) is 0 Å². The minimum Gasteiger partial charge on any atom is -0.333 e. The molecule has 0 aromatic carbocycles. The van der Waals surface area contributed by atoms with Crippen LogP contribution < -0.4 is 5.32 Å². The molecule has 2 aromatic heterocycles. The molecule has 19 heavy (non-hydrogen) atoms. The van der Waals surface area contributed by atoms with Gasteiger partial charge in [-0.3, -0.25) is 0 Å². The third-order valence-corrected chi connectivity index (χ3v) is 4.70. The first-order chi connectivity index (χ1) is 9.26. The van der Waals surface area contributed by atoms with Crippen LogP contribution in [0.3, 0.4) is 0 Å². The Hall–Kier alpha value is -0.650. The highest BCUT2D eigenvalue weighted by atomic mass is 79.9. The summed E-state index contributed by atoms with van der Waals surface area (Å²) in [6.07, 6.45) is 6.21. The topological polar surface area (TPSA) is 29.9 Å². The zero-order chi connectivity index (χ0) is 13.7. The van der Waals surface area contributed by atoms with Gasteiger partial charge >= 0.3 is 0 Å². The number of nitrogens with zero attached hydrogens (tertiary/aromatic N) is 2. The molecule has 1 atom stereocenters. The van der Waals surface area contributed by atoms with E-state index in [1.807, 2.05) is 6.20 Å². The van der Waals surface area contributed by atoms with Crippen LogP contribution in [-0.4, -0.2) is 16.1 Å². The number of hydrogen-bond donors (Lipinski definition) is 1. The summed E-state index contributed by atoms with van der Waals surface area (Å²) < 4.78 is 3.39. The van der Waals surface area contributed by atoms with E-state index in [0.29, 0.717) is 0 Å². The molecule has 0 fully saturated rings. The number of rotatable bonds is 7. The molecule has 2 heterocycles. The van der Waals surface area contributed by atoms with E-state index in [9.17, 15) is 0 Å². The molecular formula is C14H20BrN3S. The molecule has 0 aliphatic rings. The number of thiophene rings is 1. The second-order valence-corrected chi connectivity index (χ2v) is 6.39. The van der Waals surface area contributed by atoms with Crippen molar-refractivity contribution in [3.05, 3.63) is 39.0 Å². The lowest BCUT2D eigenvalue weighted by Crippen LogP contribution is -2.25. The zero-order valence-corrected chi connectivity index (χ0v) is 13.8. The fourth-order valence-electron chi connectivity index (χ4n) is 2.10. The molecule has 0 bridgehead atoms. The number of aryl methyl sites for hydroxylation is 1. The van der Waals surface area contributed by atoms with Gasteiger partial charge in [0, 0.05) is 33.7 Å². The average Bonchev–Trinajstić information content (AvgIpc) is 3.01. The molecule has 0 amide bonds. The van der Waals surface area contributed by atoms with Gasteiger partial charge in [0.1, 0.15) is 11.9 Å². The third-order valence-electron chi connectivity index (χ3n) is 2.94. The first kappa shape index (κ1) is 14.8. The van der Waals surface area contributed by atoms with Crippen LogP contribution in [0.25, 0.3) is 0 Å². The van der Waals surface area contributed by atoms with Crippen molar-refractivity contribution >= 4 is 27.3 Å². The average molecular weight is 342 g/mol. The fourth-order valence-corrected chi connectivity index (χ4v) is 3.61. The first-order valence-corrected chi connectivity index (χ1v) is 8.41.